The average molecular weight is 476 g/mol. The predicted octanol–water partition coefficient (Wildman–Crippen LogP) is 2.48. The van der Waals surface area contributed by atoms with Crippen LogP contribution in [0.15, 0.2) is 63.3 Å². The van der Waals surface area contributed by atoms with Crippen molar-refractivity contribution in [2.45, 2.75) is 30.1 Å². The van der Waals surface area contributed by atoms with Gasteiger partial charge in [-0.15, -0.1) is 4.99 Å². The maximum absolute atomic E-state index is 13.1. The Morgan fingerprint density at radius 3 is 2.27 bits per heavy atom. The van der Waals surface area contributed by atoms with Crippen LogP contribution in [0.4, 0.5) is 21.0 Å². The summed E-state index contributed by atoms with van der Waals surface area (Å²) < 4.78 is 30.6. The van der Waals surface area contributed by atoms with Crippen LogP contribution in [-0.4, -0.2) is 46.1 Å². The van der Waals surface area contributed by atoms with Crippen LogP contribution in [0.3, 0.4) is 0 Å². The number of rotatable bonds is 6. The normalized spacial score (nSPS) is 11.4. The Balaban J connectivity index is 2.62. The number of sulfone groups is 1. The molecular formula is C21H25N5O6S. The van der Waals surface area contributed by atoms with Gasteiger partial charge in [-0.05, 0) is 37.3 Å². The lowest BCUT2D eigenvalue weighted by molar-refractivity contribution is -0.119. The van der Waals surface area contributed by atoms with E-state index in [1.807, 2.05) is 0 Å². The summed E-state index contributed by atoms with van der Waals surface area (Å²) in [6.07, 6.45) is -0.883. The third kappa shape index (κ3) is 6.29. The summed E-state index contributed by atoms with van der Waals surface area (Å²) in [4.78, 5) is 40.3. The van der Waals surface area contributed by atoms with Gasteiger partial charge in [0, 0.05) is 13.0 Å². The van der Waals surface area contributed by atoms with Gasteiger partial charge in [-0.2, -0.15) is 0 Å². The van der Waals surface area contributed by atoms with E-state index in [-0.39, 0.29) is 40.1 Å². The molecule has 0 aliphatic carbocycles. The summed E-state index contributed by atoms with van der Waals surface area (Å²) in [6, 6.07) is 10.9. The number of primary amides is 1. The molecule has 0 spiro atoms. The number of aliphatic imine (C=N–C) groups is 1. The topological polar surface area (TPSA) is 160 Å². The van der Waals surface area contributed by atoms with Crippen LogP contribution in [0.1, 0.15) is 20.3 Å². The molecule has 4 amide bonds. The molecule has 0 unspecified atom stereocenters. The number of nitrogens with one attached hydrogen (secondary N) is 2. The highest BCUT2D eigenvalue weighted by molar-refractivity contribution is 7.91. The molecular weight excluding hydrogens is 450 g/mol. The van der Waals surface area contributed by atoms with Crippen molar-refractivity contribution in [2.75, 3.05) is 23.9 Å². The molecule has 2 rings (SSSR count). The van der Waals surface area contributed by atoms with E-state index in [0.29, 0.717) is 0 Å². The van der Waals surface area contributed by atoms with Crippen LogP contribution in [0, 0.1) is 0 Å². The maximum atomic E-state index is 13.1. The molecule has 0 aliphatic heterocycles. The van der Waals surface area contributed by atoms with Crippen LogP contribution >= 0.6 is 0 Å². The summed E-state index contributed by atoms with van der Waals surface area (Å²) in [5.74, 6) is -0.716. The van der Waals surface area contributed by atoms with Gasteiger partial charge in [0.1, 0.15) is 0 Å². The molecule has 0 fully saturated rings. The van der Waals surface area contributed by atoms with Gasteiger partial charge in [-0.1, -0.05) is 25.1 Å². The van der Waals surface area contributed by atoms with E-state index in [1.54, 1.807) is 32.0 Å². The Labute approximate surface area is 191 Å². The largest absolute Gasteiger partial charge is 0.451 e. The molecule has 176 valence electrons. The average Bonchev–Trinajstić information content (AvgIpc) is 2.80. The molecule has 33 heavy (non-hydrogen) atoms. The van der Waals surface area contributed by atoms with Gasteiger partial charge in [0.2, 0.25) is 21.7 Å². The lowest BCUT2D eigenvalue weighted by atomic mass is 10.2. The molecule has 2 aromatic carbocycles. The summed E-state index contributed by atoms with van der Waals surface area (Å²) in [6.45, 7) is 3.37. The number of urea groups is 1. The minimum absolute atomic E-state index is 0.0712. The standard InChI is InChI=1S/C21H25N5O6S/c1-4-18(27)24-20(25-21(29)32-3)23-16-12-11-15(13-17(16)26(5-2)19(22)28)33(30,31)14-9-7-6-8-10-14/h6-13H,4-5H2,1-3H3,(H2,22,28)(H2,23,24,25,27,29). The third-order valence-electron chi connectivity index (χ3n) is 4.42. The zero-order chi connectivity index (χ0) is 24.6. The van der Waals surface area contributed by atoms with Gasteiger partial charge >= 0.3 is 12.1 Å². The predicted molar refractivity (Wildman–Crippen MR) is 123 cm³/mol. The van der Waals surface area contributed by atoms with Crippen molar-refractivity contribution < 1.29 is 27.5 Å². The van der Waals surface area contributed by atoms with Gasteiger partial charge in [0.25, 0.3) is 0 Å². The number of ether oxygens (including phenoxy) is 1. The van der Waals surface area contributed by atoms with Gasteiger partial charge < -0.3 is 15.8 Å². The number of anilines is 2. The first-order valence-corrected chi connectivity index (χ1v) is 11.4. The zero-order valence-electron chi connectivity index (χ0n) is 18.4. The van der Waals surface area contributed by atoms with Gasteiger partial charge in [-0.25, -0.2) is 18.0 Å². The van der Waals surface area contributed by atoms with Crippen molar-refractivity contribution in [3.8, 4) is 0 Å². The number of methoxy groups -OCH3 is 1. The van der Waals surface area contributed by atoms with Crippen molar-refractivity contribution >= 4 is 45.2 Å². The Morgan fingerprint density at radius 2 is 1.73 bits per heavy atom. The molecule has 0 saturated carbocycles. The van der Waals surface area contributed by atoms with Crippen molar-refractivity contribution in [1.82, 2.24) is 5.32 Å². The molecule has 2 aromatic rings. The van der Waals surface area contributed by atoms with Gasteiger partial charge in [0.15, 0.2) is 0 Å². The second kappa shape index (κ2) is 11.1. The van der Waals surface area contributed by atoms with Crippen LogP contribution in [0.2, 0.25) is 0 Å². The van der Waals surface area contributed by atoms with E-state index in [0.717, 1.165) is 12.0 Å². The number of benzene rings is 2. The first-order valence-electron chi connectivity index (χ1n) is 9.88. The highest BCUT2D eigenvalue weighted by atomic mass is 32.2. The van der Waals surface area contributed by atoms with E-state index in [9.17, 15) is 22.8 Å². The molecule has 0 aromatic heterocycles. The summed E-state index contributed by atoms with van der Waals surface area (Å²) in [5.41, 5.74) is 5.76. The smallest absolute Gasteiger partial charge is 0.436 e. The highest BCUT2D eigenvalue weighted by Gasteiger charge is 2.23. The quantitative estimate of drug-likeness (QED) is 0.427. The van der Waals surface area contributed by atoms with Crippen molar-refractivity contribution in [1.29, 1.82) is 0 Å². The Kier molecular flexibility index (Phi) is 8.51. The fourth-order valence-corrected chi connectivity index (χ4v) is 4.06. The van der Waals surface area contributed by atoms with Gasteiger partial charge in [-0.3, -0.25) is 15.0 Å². The molecule has 0 heterocycles. The van der Waals surface area contributed by atoms with E-state index in [2.05, 4.69) is 20.4 Å². The SMILES string of the molecule is CCC(=O)NC(=NC(=O)OC)Nc1ccc(S(=O)(=O)c2ccccc2)cc1N(CC)C(N)=O. The minimum Gasteiger partial charge on any atom is -0.451 e. The van der Waals surface area contributed by atoms with E-state index < -0.39 is 27.9 Å². The fraction of sp³-hybridized carbons (Fsp3) is 0.238. The highest BCUT2D eigenvalue weighted by Crippen LogP contribution is 2.31. The number of carbonyl (C=O) groups is 3. The van der Waals surface area contributed by atoms with Crippen LogP contribution in [-0.2, 0) is 19.4 Å². The first-order chi connectivity index (χ1) is 15.6. The number of guanidine groups is 1. The molecule has 12 heteroatoms. The molecule has 0 aliphatic rings. The van der Waals surface area contributed by atoms with E-state index in [4.69, 9.17) is 5.73 Å². The molecule has 4 N–H and O–H groups in total. The van der Waals surface area contributed by atoms with Crippen molar-refractivity contribution in [3.05, 3.63) is 48.5 Å². The second-order valence-corrected chi connectivity index (χ2v) is 8.48. The molecule has 0 saturated heterocycles. The molecule has 11 nitrogen and oxygen atoms in total. The van der Waals surface area contributed by atoms with Crippen LogP contribution < -0.4 is 21.3 Å². The summed E-state index contributed by atoms with van der Waals surface area (Å²) in [5, 5.41) is 5.15. The number of nitrogens with two attached hydrogens (primary N) is 1. The minimum atomic E-state index is -3.90. The Hall–Kier alpha value is -3.93. The number of amides is 4. The fourth-order valence-electron chi connectivity index (χ4n) is 2.76. The van der Waals surface area contributed by atoms with Crippen LogP contribution in [0.5, 0.6) is 0 Å². The summed E-state index contributed by atoms with van der Waals surface area (Å²) in [7, 11) is -2.78. The number of hydrogen-bond donors (Lipinski definition) is 3. The third-order valence-corrected chi connectivity index (χ3v) is 6.18. The molecule has 0 bridgehead atoms. The second-order valence-electron chi connectivity index (χ2n) is 6.54. The first kappa shape index (κ1) is 25.3. The van der Waals surface area contributed by atoms with Crippen LogP contribution in [0.25, 0.3) is 0 Å². The lowest BCUT2D eigenvalue weighted by Gasteiger charge is -2.23. The molecule has 0 radical (unpaired) electrons. The Morgan fingerprint density at radius 1 is 1.06 bits per heavy atom. The number of hydrogen-bond acceptors (Lipinski definition) is 6. The zero-order valence-corrected chi connectivity index (χ0v) is 19.2. The van der Waals surface area contributed by atoms with Crippen molar-refractivity contribution in [2.24, 2.45) is 10.7 Å². The summed E-state index contributed by atoms with van der Waals surface area (Å²) >= 11 is 0. The Bertz CT molecular complexity index is 1160. The molecule has 0 atom stereocenters. The maximum Gasteiger partial charge on any atom is 0.436 e. The number of carbonyl (C=O) groups excluding carboxylic acids is 3. The van der Waals surface area contributed by atoms with E-state index >= 15 is 0 Å². The van der Waals surface area contributed by atoms with Crippen molar-refractivity contribution in [3.63, 3.8) is 0 Å². The number of nitrogens with zero attached hydrogens (tertiary/aromatic N) is 2. The lowest BCUT2D eigenvalue weighted by Crippen LogP contribution is -2.39. The monoisotopic (exact) mass is 475 g/mol. The van der Waals surface area contributed by atoms with Gasteiger partial charge in [0.05, 0.1) is 28.3 Å². The van der Waals surface area contributed by atoms with E-state index in [1.165, 1.54) is 30.3 Å².